The summed E-state index contributed by atoms with van der Waals surface area (Å²) in [5, 5.41) is 13.5. The Labute approximate surface area is 86.2 Å². The highest BCUT2D eigenvalue weighted by Crippen LogP contribution is 2.30. The predicted molar refractivity (Wildman–Crippen MR) is 51.8 cm³/mol. The summed E-state index contributed by atoms with van der Waals surface area (Å²) in [7, 11) is 1.83. The Bertz CT molecular complexity index is 377. The topological polar surface area (TPSA) is 82.2 Å². The highest BCUT2D eigenvalue weighted by Gasteiger charge is 2.39. The molecule has 2 heterocycles. The van der Waals surface area contributed by atoms with Gasteiger partial charge in [-0.25, -0.2) is 0 Å². The van der Waals surface area contributed by atoms with Crippen LogP contribution in [-0.4, -0.2) is 33.7 Å². The van der Waals surface area contributed by atoms with E-state index in [9.17, 15) is 10.1 Å². The average Bonchev–Trinajstić information content (AvgIpc) is 2.59. The standard InChI is InChI=1S/C8H12N4O3/c1-8(4-9-2)5-11-3-6(12(13)14)10-7(11)15-8/h3,9H,4-5H2,1-2H3. The first-order valence-corrected chi connectivity index (χ1v) is 4.59. The van der Waals surface area contributed by atoms with Crippen molar-refractivity contribution in [2.45, 2.75) is 19.1 Å². The second-order valence-corrected chi connectivity index (χ2v) is 3.85. The van der Waals surface area contributed by atoms with Crippen molar-refractivity contribution in [1.29, 1.82) is 0 Å². The number of nitrogens with one attached hydrogen (secondary N) is 1. The number of nitrogens with zero attached hydrogens (tertiary/aromatic N) is 3. The van der Waals surface area contributed by atoms with Crippen LogP contribution in [0.2, 0.25) is 0 Å². The van der Waals surface area contributed by atoms with E-state index in [4.69, 9.17) is 4.74 Å². The van der Waals surface area contributed by atoms with Crippen LogP contribution in [0.15, 0.2) is 6.20 Å². The summed E-state index contributed by atoms with van der Waals surface area (Å²) >= 11 is 0. The summed E-state index contributed by atoms with van der Waals surface area (Å²) in [5.74, 6) is -0.170. The van der Waals surface area contributed by atoms with Crippen LogP contribution in [0, 0.1) is 10.1 Å². The number of likely N-dealkylation sites (N-methyl/N-ethyl adjacent to an activating group) is 1. The van der Waals surface area contributed by atoms with Crippen molar-refractivity contribution in [2.75, 3.05) is 13.6 Å². The van der Waals surface area contributed by atoms with Crippen LogP contribution in [0.25, 0.3) is 0 Å². The van der Waals surface area contributed by atoms with Crippen molar-refractivity contribution in [3.8, 4) is 6.01 Å². The van der Waals surface area contributed by atoms with E-state index in [1.54, 1.807) is 4.57 Å². The first-order valence-electron chi connectivity index (χ1n) is 4.59. The van der Waals surface area contributed by atoms with Gasteiger partial charge in [0.2, 0.25) is 0 Å². The Hall–Kier alpha value is -1.63. The van der Waals surface area contributed by atoms with E-state index in [1.807, 2.05) is 14.0 Å². The maximum atomic E-state index is 10.5. The SMILES string of the molecule is CNCC1(C)Cn2cc([N+](=O)[O-])nc2O1. The second kappa shape index (κ2) is 3.20. The van der Waals surface area contributed by atoms with Gasteiger partial charge in [-0.2, -0.15) is 0 Å². The molecule has 2 rings (SSSR count). The lowest BCUT2D eigenvalue weighted by Gasteiger charge is -2.20. The molecule has 1 aliphatic heterocycles. The van der Waals surface area contributed by atoms with Gasteiger partial charge in [0.05, 0.1) is 6.54 Å². The van der Waals surface area contributed by atoms with Gasteiger partial charge in [0.25, 0.3) is 0 Å². The van der Waals surface area contributed by atoms with Gasteiger partial charge in [0.15, 0.2) is 0 Å². The molecule has 82 valence electrons. The largest absolute Gasteiger partial charge is 0.436 e. The molecule has 0 radical (unpaired) electrons. The van der Waals surface area contributed by atoms with Crippen molar-refractivity contribution in [2.24, 2.45) is 0 Å². The van der Waals surface area contributed by atoms with Gasteiger partial charge in [-0.3, -0.25) is 4.57 Å². The molecule has 0 aliphatic carbocycles. The van der Waals surface area contributed by atoms with Gasteiger partial charge in [0, 0.05) is 11.5 Å². The number of aromatic nitrogens is 2. The normalized spacial score (nSPS) is 23.6. The summed E-state index contributed by atoms with van der Waals surface area (Å²) in [5.41, 5.74) is -0.369. The molecule has 1 unspecified atom stereocenters. The van der Waals surface area contributed by atoms with Crippen LogP contribution in [0.1, 0.15) is 6.92 Å². The third-order valence-electron chi connectivity index (χ3n) is 2.31. The molecule has 0 amide bonds. The summed E-state index contributed by atoms with van der Waals surface area (Å²) in [6.07, 6.45) is 1.40. The van der Waals surface area contributed by atoms with Crippen molar-refractivity contribution in [1.82, 2.24) is 14.9 Å². The zero-order valence-corrected chi connectivity index (χ0v) is 8.56. The highest BCUT2D eigenvalue weighted by molar-refractivity contribution is 5.23. The van der Waals surface area contributed by atoms with Crippen LogP contribution in [0.3, 0.4) is 0 Å². The van der Waals surface area contributed by atoms with Crippen molar-refractivity contribution in [3.05, 3.63) is 16.3 Å². The molecule has 1 aromatic rings. The summed E-state index contributed by atoms with van der Waals surface area (Å²) in [4.78, 5) is 13.7. The molecule has 0 saturated heterocycles. The number of hydrogen-bond acceptors (Lipinski definition) is 5. The van der Waals surface area contributed by atoms with E-state index in [0.29, 0.717) is 19.1 Å². The Morgan fingerprint density at radius 3 is 3.13 bits per heavy atom. The Morgan fingerprint density at radius 1 is 1.87 bits per heavy atom. The molecule has 1 atom stereocenters. The van der Waals surface area contributed by atoms with E-state index in [1.165, 1.54) is 6.20 Å². The second-order valence-electron chi connectivity index (χ2n) is 3.85. The lowest BCUT2D eigenvalue weighted by atomic mass is 10.1. The number of ether oxygens (including phenoxy) is 1. The number of fused-ring (bicyclic) bond motifs is 1. The smallest absolute Gasteiger partial charge is 0.415 e. The van der Waals surface area contributed by atoms with Gasteiger partial charge >= 0.3 is 11.8 Å². The zero-order chi connectivity index (χ0) is 11.1. The van der Waals surface area contributed by atoms with Gasteiger partial charge in [-0.1, -0.05) is 0 Å². The first-order chi connectivity index (χ1) is 7.04. The molecule has 7 heteroatoms. The Kier molecular flexibility index (Phi) is 2.11. The molecule has 1 N–H and O–H groups in total. The molecule has 1 aromatic heterocycles. The highest BCUT2D eigenvalue weighted by atomic mass is 16.6. The average molecular weight is 212 g/mol. The molecular weight excluding hydrogens is 200 g/mol. The van der Waals surface area contributed by atoms with Crippen LogP contribution in [-0.2, 0) is 6.54 Å². The van der Waals surface area contributed by atoms with E-state index in [2.05, 4.69) is 10.3 Å². The molecular formula is C8H12N4O3. The monoisotopic (exact) mass is 212 g/mol. The molecule has 7 nitrogen and oxygen atoms in total. The molecule has 0 aromatic carbocycles. The lowest BCUT2D eigenvalue weighted by Crippen LogP contribution is -2.41. The predicted octanol–water partition coefficient (Wildman–Crippen LogP) is 0.162. The van der Waals surface area contributed by atoms with Crippen LogP contribution in [0.5, 0.6) is 6.01 Å². The van der Waals surface area contributed by atoms with Crippen molar-refractivity contribution in [3.63, 3.8) is 0 Å². The zero-order valence-electron chi connectivity index (χ0n) is 8.56. The maximum absolute atomic E-state index is 10.5. The van der Waals surface area contributed by atoms with Crippen LogP contribution in [0.4, 0.5) is 5.82 Å². The van der Waals surface area contributed by atoms with E-state index < -0.39 is 4.92 Å². The third-order valence-corrected chi connectivity index (χ3v) is 2.31. The number of rotatable bonds is 3. The first kappa shape index (κ1) is 9.91. The maximum Gasteiger partial charge on any atom is 0.415 e. The minimum absolute atomic E-state index is 0.170. The molecule has 0 saturated carbocycles. The molecule has 1 aliphatic rings. The molecule has 0 fully saturated rings. The fraction of sp³-hybridized carbons (Fsp3) is 0.625. The summed E-state index contributed by atoms with van der Waals surface area (Å²) in [6.45, 7) is 3.18. The minimum atomic E-state index is -0.524. The molecule has 15 heavy (non-hydrogen) atoms. The van der Waals surface area contributed by atoms with Crippen molar-refractivity contribution >= 4 is 5.82 Å². The Morgan fingerprint density at radius 2 is 2.60 bits per heavy atom. The van der Waals surface area contributed by atoms with Crippen LogP contribution < -0.4 is 10.1 Å². The van der Waals surface area contributed by atoms with Gasteiger partial charge in [0.1, 0.15) is 11.8 Å². The van der Waals surface area contributed by atoms with Gasteiger partial charge in [-0.05, 0) is 18.9 Å². The third kappa shape index (κ3) is 1.65. The van der Waals surface area contributed by atoms with Crippen molar-refractivity contribution < 1.29 is 9.66 Å². The lowest BCUT2D eigenvalue weighted by molar-refractivity contribution is -0.389. The minimum Gasteiger partial charge on any atom is -0.436 e. The quantitative estimate of drug-likeness (QED) is 0.570. The van der Waals surface area contributed by atoms with E-state index in [-0.39, 0.29) is 11.4 Å². The number of nitro groups is 1. The van der Waals surface area contributed by atoms with E-state index >= 15 is 0 Å². The van der Waals surface area contributed by atoms with Gasteiger partial charge < -0.3 is 20.2 Å². The van der Waals surface area contributed by atoms with Gasteiger partial charge in [-0.15, -0.1) is 0 Å². The number of hydrogen-bond donors (Lipinski definition) is 1. The molecule has 0 bridgehead atoms. The number of imidazole rings is 1. The summed E-state index contributed by atoms with van der Waals surface area (Å²) in [6, 6.07) is 0.319. The molecule has 0 spiro atoms. The fourth-order valence-electron chi connectivity index (χ4n) is 1.75. The van der Waals surface area contributed by atoms with E-state index in [0.717, 1.165) is 0 Å². The fourth-order valence-corrected chi connectivity index (χ4v) is 1.75. The Balaban J connectivity index is 2.20. The van der Waals surface area contributed by atoms with Crippen LogP contribution >= 0.6 is 0 Å². The summed E-state index contributed by atoms with van der Waals surface area (Å²) < 4.78 is 7.21.